The van der Waals surface area contributed by atoms with Crippen LogP contribution in [0.3, 0.4) is 0 Å². The Morgan fingerprint density at radius 2 is 1.68 bits per heavy atom. The van der Waals surface area contributed by atoms with Crippen molar-refractivity contribution in [1.82, 2.24) is 14.8 Å². The molecule has 0 amide bonds. The third-order valence-corrected chi connectivity index (χ3v) is 3.65. The van der Waals surface area contributed by atoms with Crippen LogP contribution in [0, 0.1) is 0 Å². The predicted molar refractivity (Wildman–Crippen MR) is 88.7 cm³/mol. The Balaban J connectivity index is 1.91. The van der Waals surface area contributed by atoms with Crippen LogP contribution in [-0.2, 0) is 0 Å². The summed E-state index contributed by atoms with van der Waals surface area (Å²) in [6, 6.07) is 19.9. The van der Waals surface area contributed by atoms with E-state index in [0.29, 0.717) is 5.69 Å². The zero-order chi connectivity index (χ0) is 14.9. The second kappa shape index (κ2) is 5.00. The van der Waals surface area contributed by atoms with Crippen LogP contribution in [0.5, 0.6) is 0 Å². The van der Waals surface area contributed by atoms with Gasteiger partial charge in [-0.05, 0) is 18.2 Å². The van der Waals surface area contributed by atoms with Gasteiger partial charge in [-0.3, -0.25) is 4.98 Å². The molecule has 2 heterocycles. The zero-order valence-electron chi connectivity index (χ0n) is 11.8. The van der Waals surface area contributed by atoms with Crippen molar-refractivity contribution in [3.8, 4) is 16.9 Å². The Bertz CT molecular complexity index is 936. The summed E-state index contributed by atoms with van der Waals surface area (Å²) in [7, 11) is 0. The number of fused-ring (bicyclic) bond motifs is 1. The fourth-order valence-electron chi connectivity index (χ4n) is 2.60. The lowest BCUT2D eigenvalue weighted by molar-refractivity contribution is 0.885. The van der Waals surface area contributed by atoms with Crippen LogP contribution in [0.2, 0.25) is 0 Å². The summed E-state index contributed by atoms with van der Waals surface area (Å²) in [5.41, 5.74) is 10.4. The van der Waals surface area contributed by atoms with E-state index < -0.39 is 0 Å². The van der Waals surface area contributed by atoms with Gasteiger partial charge in [0.25, 0.3) is 0 Å². The number of pyridine rings is 1. The van der Waals surface area contributed by atoms with E-state index in [1.807, 2.05) is 66.9 Å². The molecule has 4 aromatic rings. The van der Waals surface area contributed by atoms with Crippen molar-refractivity contribution in [3.05, 3.63) is 73.1 Å². The third-order valence-electron chi connectivity index (χ3n) is 3.65. The van der Waals surface area contributed by atoms with E-state index in [1.54, 1.807) is 10.9 Å². The van der Waals surface area contributed by atoms with Crippen LogP contribution in [0.1, 0.15) is 0 Å². The highest BCUT2D eigenvalue weighted by Gasteiger charge is 2.13. The average Bonchev–Trinajstić information content (AvgIpc) is 2.97. The van der Waals surface area contributed by atoms with Gasteiger partial charge in [-0.2, -0.15) is 5.10 Å². The van der Waals surface area contributed by atoms with E-state index in [4.69, 9.17) is 5.73 Å². The first-order chi connectivity index (χ1) is 10.8. The lowest BCUT2D eigenvalue weighted by Gasteiger charge is -2.04. The van der Waals surface area contributed by atoms with Crippen LogP contribution >= 0.6 is 0 Å². The van der Waals surface area contributed by atoms with Crippen molar-refractivity contribution in [2.75, 3.05) is 5.73 Å². The van der Waals surface area contributed by atoms with Crippen molar-refractivity contribution in [1.29, 1.82) is 0 Å². The fraction of sp³-hybridized carbons (Fsp3) is 0. The summed E-state index contributed by atoms with van der Waals surface area (Å²) in [5.74, 6) is 0. The van der Waals surface area contributed by atoms with E-state index in [0.717, 1.165) is 27.8 Å². The molecule has 2 aromatic carbocycles. The van der Waals surface area contributed by atoms with Gasteiger partial charge in [0.1, 0.15) is 5.69 Å². The Kier molecular flexibility index (Phi) is 2.86. The molecule has 0 spiro atoms. The summed E-state index contributed by atoms with van der Waals surface area (Å²) < 4.78 is 1.80. The molecule has 0 aliphatic carbocycles. The molecule has 2 N–H and O–H groups in total. The molecule has 0 bridgehead atoms. The van der Waals surface area contributed by atoms with Crippen molar-refractivity contribution in [2.45, 2.75) is 0 Å². The number of anilines is 1. The summed E-state index contributed by atoms with van der Waals surface area (Å²) in [4.78, 5) is 4.48. The first-order valence-corrected chi connectivity index (χ1v) is 7.07. The molecule has 4 heteroatoms. The van der Waals surface area contributed by atoms with Gasteiger partial charge in [0.15, 0.2) is 0 Å². The first-order valence-electron chi connectivity index (χ1n) is 7.07. The van der Waals surface area contributed by atoms with Crippen LogP contribution in [-0.4, -0.2) is 14.8 Å². The quantitative estimate of drug-likeness (QED) is 0.611. The van der Waals surface area contributed by atoms with Gasteiger partial charge in [-0.15, -0.1) is 0 Å². The monoisotopic (exact) mass is 286 g/mol. The summed E-state index contributed by atoms with van der Waals surface area (Å²) in [6.07, 6.45) is 3.63. The van der Waals surface area contributed by atoms with E-state index in [1.165, 1.54) is 0 Å². The van der Waals surface area contributed by atoms with Gasteiger partial charge in [-0.1, -0.05) is 42.5 Å². The largest absolute Gasteiger partial charge is 0.396 e. The molecular weight excluding hydrogens is 272 g/mol. The number of nitrogens with zero attached hydrogens (tertiary/aromatic N) is 3. The third kappa shape index (κ3) is 2.02. The molecule has 22 heavy (non-hydrogen) atoms. The molecule has 0 aliphatic heterocycles. The second-order valence-electron chi connectivity index (χ2n) is 5.09. The summed E-state index contributed by atoms with van der Waals surface area (Å²) >= 11 is 0. The number of rotatable bonds is 2. The predicted octanol–water partition coefficient (Wildman–Crippen LogP) is 3.67. The normalized spacial score (nSPS) is 10.9. The van der Waals surface area contributed by atoms with Crippen LogP contribution in [0.25, 0.3) is 27.8 Å². The Morgan fingerprint density at radius 1 is 0.864 bits per heavy atom. The Labute approximate surface area is 127 Å². The van der Waals surface area contributed by atoms with E-state index in [2.05, 4.69) is 10.1 Å². The summed E-state index contributed by atoms with van der Waals surface area (Å²) in [5, 5.41) is 5.73. The molecule has 0 saturated heterocycles. The standard InChI is InChI=1S/C18H14N4/c19-16-12-22(14-8-2-1-3-9-14)21-18(16)15-10-4-6-13-7-5-11-20-17(13)15/h1-12H,19H2. The van der Waals surface area contributed by atoms with Gasteiger partial charge in [0.2, 0.25) is 0 Å². The minimum Gasteiger partial charge on any atom is -0.396 e. The molecule has 0 aliphatic rings. The lowest BCUT2D eigenvalue weighted by Crippen LogP contribution is -1.94. The second-order valence-corrected chi connectivity index (χ2v) is 5.09. The molecule has 2 aromatic heterocycles. The molecule has 4 nitrogen and oxygen atoms in total. The number of hydrogen-bond donors (Lipinski definition) is 1. The van der Waals surface area contributed by atoms with E-state index in [9.17, 15) is 0 Å². The molecule has 0 saturated carbocycles. The average molecular weight is 286 g/mol. The van der Waals surface area contributed by atoms with Crippen LogP contribution < -0.4 is 5.73 Å². The molecule has 0 atom stereocenters. The van der Waals surface area contributed by atoms with E-state index in [-0.39, 0.29) is 0 Å². The molecular formula is C18H14N4. The van der Waals surface area contributed by atoms with Gasteiger partial charge in [0, 0.05) is 17.1 Å². The molecule has 4 rings (SSSR count). The van der Waals surface area contributed by atoms with Gasteiger partial charge < -0.3 is 5.73 Å². The maximum absolute atomic E-state index is 6.19. The Morgan fingerprint density at radius 3 is 2.55 bits per heavy atom. The number of benzene rings is 2. The molecule has 0 radical (unpaired) electrons. The lowest BCUT2D eigenvalue weighted by atomic mass is 10.1. The number of nitrogen functional groups attached to an aromatic ring is 1. The maximum Gasteiger partial charge on any atom is 0.118 e. The van der Waals surface area contributed by atoms with Crippen molar-refractivity contribution < 1.29 is 0 Å². The highest BCUT2D eigenvalue weighted by molar-refractivity contribution is 5.95. The zero-order valence-corrected chi connectivity index (χ0v) is 11.8. The number of nitrogens with two attached hydrogens (primary N) is 1. The van der Waals surface area contributed by atoms with Crippen LogP contribution in [0.4, 0.5) is 5.69 Å². The fourth-order valence-corrected chi connectivity index (χ4v) is 2.60. The molecule has 106 valence electrons. The van der Waals surface area contributed by atoms with Gasteiger partial charge in [-0.25, -0.2) is 4.68 Å². The highest BCUT2D eigenvalue weighted by atomic mass is 15.3. The smallest absolute Gasteiger partial charge is 0.118 e. The molecule has 0 fully saturated rings. The number of para-hydroxylation sites is 2. The topological polar surface area (TPSA) is 56.7 Å². The minimum atomic E-state index is 0.641. The SMILES string of the molecule is Nc1cn(-c2ccccc2)nc1-c1cccc2cccnc12. The Hall–Kier alpha value is -3.14. The minimum absolute atomic E-state index is 0.641. The molecule has 0 unspecified atom stereocenters. The van der Waals surface area contributed by atoms with E-state index >= 15 is 0 Å². The van der Waals surface area contributed by atoms with Crippen molar-refractivity contribution >= 4 is 16.6 Å². The van der Waals surface area contributed by atoms with Crippen molar-refractivity contribution in [3.63, 3.8) is 0 Å². The van der Waals surface area contributed by atoms with Gasteiger partial charge in [0.05, 0.1) is 23.1 Å². The maximum atomic E-state index is 6.19. The highest BCUT2D eigenvalue weighted by Crippen LogP contribution is 2.30. The number of hydrogen-bond acceptors (Lipinski definition) is 3. The number of aromatic nitrogens is 3. The summed E-state index contributed by atoms with van der Waals surface area (Å²) in [6.45, 7) is 0. The van der Waals surface area contributed by atoms with Crippen LogP contribution in [0.15, 0.2) is 73.1 Å². The first kappa shape index (κ1) is 12.6. The van der Waals surface area contributed by atoms with Gasteiger partial charge >= 0.3 is 0 Å². The van der Waals surface area contributed by atoms with Crippen molar-refractivity contribution in [2.24, 2.45) is 0 Å².